The maximum Gasteiger partial charge on any atom is 0.320 e. The lowest BCUT2D eigenvalue weighted by Crippen LogP contribution is -2.54. The van der Waals surface area contributed by atoms with Crippen LogP contribution in [-0.2, 0) is 4.79 Å². The molecule has 6 heteroatoms. The summed E-state index contributed by atoms with van der Waals surface area (Å²) in [4.78, 5) is 27.2. The monoisotopic (exact) mass is 300 g/mol. The van der Waals surface area contributed by atoms with Crippen molar-refractivity contribution in [3.8, 4) is 0 Å². The third-order valence-electron chi connectivity index (χ3n) is 4.27. The first-order valence-electron chi connectivity index (χ1n) is 7.24. The van der Waals surface area contributed by atoms with E-state index in [9.17, 15) is 9.59 Å². The molecule has 2 aliphatic rings. The van der Waals surface area contributed by atoms with Crippen molar-refractivity contribution >= 4 is 23.8 Å². The van der Waals surface area contributed by atoms with Crippen molar-refractivity contribution in [2.24, 2.45) is 5.41 Å². The molecule has 0 spiro atoms. The number of carboxylic acids is 1. The van der Waals surface area contributed by atoms with Crippen LogP contribution >= 0.6 is 11.8 Å². The van der Waals surface area contributed by atoms with Gasteiger partial charge in [-0.3, -0.25) is 4.79 Å². The lowest BCUT2D eigenvalue weighted by Gasteiger charge is -2.42. The smallest absolute Gasteiger partial charge is 0.320 e. The summed E-state index contributed by atoms with van der Waals surface area (Å²) in [6, 6.07) is -0.124. The SMILES string of the molecule is CC1(C)CCN(C(=O)N2CCSCC2CC(=O)O)CC1. The van der Waals surface area contributed by atoms with Crippen molar-refractivity contribution < 1.29 is 14.7 Å². The highest BCUT2D eigenvalue weighted by atomic mass is 32.2. The van der Waals surface area contributed by atoms with Gasteiger partial charge in [-0.15, -0.1) is 0 Å². The van der Waals surface area contributed by atoms with Crippen molar-refractivity contribution in [3.63, 3.8) is 0 Å². The largest absolute Gasteiger partial charge is 0.481 e. The van der Waals surface area contributed by atoms with Crippen LogP contribution in [0, 0.1) is 5.41 Å². The molecule has 2 amide bonds. The van der Waals surface area contributed by atoms with Crippen LogP contribution < -0.4 is 0 Å². The number of nitrogens with zero attached hydrogens (tertiary/aromatic N) is 2. The zero-order valence-corrected chi connectivity index (χ0v) is 13.1. The fourth-order valence-electron chi connectivity index (χ4n) is 2.76. The number of carboxylic acid groups (broad SMARTS) is 1. The molecule has 2 rings (SSSR count). The van der Waals surface area contributed by atoms with Crippen molar-refractivity contribution in [1.29, 1.82) is 0 Å². The standard InChI is InChI=1S/C14H24N2O3S/c1-14(2)3-5-15(6-4-14)13(19)16-7-8-20-10-11(16)9-12(17)18/h11H,3-10H2,1-2H3,(H,17,18). The molecule has 0 radical (unpaired) electrons. The molecule has 20 heavy (non-hydrogen) atoms. The molecule has 1 unspecified atom stereocenters. The molecule has 2 fully saturated rings. The third kappa shape index (κ3) is 3.81. The Morgan fingerprint density at radius 2 is 1.90 bits per heavy atom. The van der Waals surface area contributed by atoms with Gasteiger partial charge in [0.05, 0.1) is 12.5 Å². The summed E-state index contributed by atoms with van der Waals surface area (Å²) < 4.78 is 0. The molecule has 2 saturated heterocycles. The number of thioether (sulfide) groups is 1. The predicted molar refractivity (Wildman–Crippen MR) is 80.1 cm³/mol. The van der Waals surface area contributed by atoms with Gasteiger partial charge in [0.25, 0.3) is 0 Å². The molecule has 0 aromatic rings. The van der Waals surface area contributed by atoms with Gasteiger partial charge in [-0.05, 0) is 18.3 Å². The fraction of sp³-hybridized carbons (Fsp3) is 0.857. The predicted octanol–water partition coefficient (Wildman–Crippen LogP) is 2.12. The molecular weight excluding hydrogens is 276 g/mol. The van der Waals surface area contributed by atoms with E-state index in [0.717, 1.165) is 37.4 Å². The first kappa shape index (κ1) is 15.5. The van der Waals surface area contributed by atoms with Crippen molar-refractivity contribution in [1.82, 2.24) is 9.80 Å². The average molecular weight is 300 g/mol. The Morgan fingerprint density at radius 3 is 2.50 bits per heavy atom. The van der Waals surface area contributed by atoms with Crippen LogP contribution in [0.2, 0.25) is 0 Å². The number of likely N-dealkylation sites (tertiary alicyclic amines) is 1. The minimum atomic E-state index is -0.824. The number of aliphatic carboxylic acids is 1. The maximum absolute atomic E-state index is 12.6. The molecule has 0 aromatic heterocycles. The van der Waals surface area contributed by atoms with E-state index < -0.39 is 5.97 Å². The Morgan fingerprint density at radius 1 is 1.25 bits per heavy atom. The van der Waals surface area contributed by atoms with Crippen LogP contribution in [0.15, 0.2) is 0 Å². The van der Waals surface area contributed by atoms with E-state index >= 15 is 0 Å². The molecule has 1 N–H and O–H groups in total. The number of hydrogen-bond donors (Lipinski definition) is 1. The highest BCUT2D eigenvalue weighted by molar-refractivity contribution is 7.99. The summed E-state index contributed by atoms with van der Waals surface area (Å²) in [6.45, 7) is 6.71. The summed E-state index contributed by atoms with van der Waals surface area (Å²) in [5.41, 5.74) is 0.314. The molecule has 0 bridgehead atoms. The molecule has 0 aromatic carbocycles. The summed E-state index contributed by atoms with van der Waals surface area (Å²) in [6.07, 6.45) is 2.09. The number of piperidine rings is 1. The van der Waals surface area contributed by atoms with Crippen LogP contribution in [0.25, 0.3) is 0 Å². The van der Waals surface area contributed by atoms with E-state index in [1.165, 1.54) is 0 Å². The zero-order valence-electron chi connectivity index (χ0n) is 12.3. The molecule has 1 atom stereocenters. The number of carbonyl (C=O) groups excluding carboxylic acids is 1. The van der Waals surface area contributed by atoms with Gasteiger partial charge in [0.1, 0.15) is 0 Å². The zero-order chi connectivity index (χ0) is 14.8. The second kappa shape index (κ2) is 6.24. The summed E-state index contributed by atoms with van der Waals surface area (Å²) in [7, 11) is 0. The number of rotatable bonds is 2. The molecule has 0 saturated carbocycles. The Labute approximate surface area is 124 Å². The van der Waals surface area contributed by atoms with Gasteiger partial charge in [0.15, 0.2) is 0 Å². The Balaban J connectivity index is 1.97. The van der Waals surface area contributed by atoms with Crippen molar-refractivity contribution in [2.45, 2.75) is 39.2 Å². The summed E-state index contributed by atoms with van der Waals surface area (Å²) in [5, 5.41) is 8.98. The van der Waals surface area contributed by atoms with E-state index in [-0.39, 0.29) is 18.5 Å². The molecule has 2 aliphatic heterocycles. The average Bonchev–Trinajstić information content (AvgIpc) is 2.38. The lowest BCUT2D eigenvalue weighted by molar-refractivity contribution is -0.138. The van der Waals surface area contributed by atoms with E-state index in [1.807, 2.05) is 4.90 Å². The highest BCUT2D eigenvalue weighted by Gasteiger charge is 2.34. The quantitative estimate of drug-likeness (QED) is 0.848. The second-order valence-corrected chi connectivity index (χ2v) is 7.60. The van der Waals surface area contributed by atoms with Crippen LogP contribution in [0.5, 0.6) is 0 Å². The van der Waals surface area contributed by atoms with Gasteiger partial charge in [-0.1, -0.05) is 13.8 Å². The normalized spacial score (nSPS) is 26.4. The van der Waals surface area contributed by atoms with Crippen molar-refractivity contribution in [3.05, 3.63) is 0 Å². The molecular formula is C14H24N2O3S. The number of hydrogen-bond acceptors (Lipinski definition) is 3. The Kier molecular flexibility index (Phi) is 4.83. The van der Waals surface area contributed by atoms with Gasteiger partial charge >= 0.3 is 12.0 Å². The van der Waals surface area contributed by atoms with Crippen LogP contribution in [0.4, 0.5) is 4.79 Å². The van der Waals surface area contributed by atoms with E-state index in [1.54, 1.807) is 16.7 Å². The second-order valence-electron chi connectivity index (χ2n) is 6.45. The molecule has 2 heterocycles. The number of urea groups is 1. The van der Waals surface area contributed by atoms with Gasteiger partial charge in [0, 0.05) is 31.1 Å². The van der Waals surface area contributed by atoms with Crippen LogP contribution in [0.1, 0.15) is 33.1 Å². The van der Waals surface area contributed by atoms with Crippen LogP contribution in [-0.4, -0.2) is 64.1 Å². The van der Waals surface area contributed by atoms with Gasteiger partial charge < -0.3 is 14.9 Å². The maximum atomic E-state index is 12.6. The summed E-state index contributed by atoms with van der Waals surface area (Å²) in [5.74, 6) is 0.813. The minimum Gasteiger partial charge on any atom is -0.481 e. The lowest BCUT2D eigenvalue weighted by atomic mass is 9.83. The van der Waals surface area contributed by atoms with Crippen molar-refractivity contribution in [2.75, 3.05) is 31.1 Å². The molecule has 114 valence electrons. The summed E-state index contributed by atoms with van der Waals surface area (Å²) >= 11 is 1.74. The third-order valence-corrected chi connectivity index (χ3v) is 5.36. The topological polar surface area (TPSA) is 60.9 Å². The fourth-order valence-corrected chi connectivity index (χ4v) is 3.82. The first-order valence-corrected chi connectivity index (χ1v) is 8.40. The molecule has 5 nitrogen and oxygen atoms in total. The Bertz CT molecular complexity index is 377. The van der Waals surface area contributed by atoms with E-state index in [2.05, 4.69) is 13.8 Å². The number of amides is 2. The van der Waals surface area contributed by atoms with Gasteiger partial charge in [-0.25, -0.2) is 4.79 Å². The van der Waals surface area contributed by atoms with Gasteiger partial charge in [0.2, 0.25) is 0 Å². The van der Waals surface area contributed by atoms with E-state index in [0.29, 0.717) is 12.0 Å². The highest BCUT2D eigenvalue weighted by Crippen LogP contribution is 2.31. The minimum absolute atomic E-state index is 0.0343. The number of carbonyl (C=O) groups is 2. The van der Waals surface area contributed by atoms with E-state index in [4.69, 9.17) is 5.11 Å². The Hall–Kier alpha value is -0.910. The van der Waals surface area contributed by atoms with Gasteiger partial charge in [-0.2, -0.15) is 11.8 Å². The van der Waals surface area contributed by atoms with Crippen LogP contribution in [0.3, 0.4) is 0 Å². The first-order chi connectivity index (χ1) is 9.39. The molecule has 0 aliphatic carbocycles.